The molecule has 1 fully saturated rings. The van der Waals surface area contributed by atoms with Crippen molar-refractivity contribution in [3.63, 3.8) is 0 Å². The van der Waals surface area contributed by atoms with Crippen LogP contribution in [0.15, 0.2) is 42.6 Å². The molecule has 1 aliphatic rings. The van der Waals surface area contributed by atoms with Crippen molar-refractivity contribution < 1.29 is 19.1 Å². The molecule has 0 saturated carbocycles. The minimum Gasteiger partial charge on any atom is -0.443 e. The Hall–Kier alpha value is -5.05. The van der Waals surface area contributed by atoms with Crippen molar-refractivity contribution in [2.75, 3.05) is 36.5 Å². The second-order valence-corrected chi connectivity index (χ2v) is 14.9. The molecule has 11 heteroatoms. The lowest BCUT2D eigenvalue weighted by Crippen LogP contribution is -2.48. The van der Waals surface area contributed by atoms with Crippen LogP contribution in [0.1, 0.15) is 79.6 Å². The molecule has 1 saturated heterocycles. The normalized spacial score (nSPS) is 14.3. The molecule has 1 aliphatic heterocycles. The quantitative estimate of drug-likeness (QED) is 0.258. The van der Waals surface area contributed by atoms with Crippen molar-refractivity contribution in [2.24, 2.45) is 0 Å². The fourth-order valence-corrected chi connectivity index (χ4v) is 5.59. The number of fused-ring (bicyclic) bond motifs is 1. The molecule has 0 bridgehead atoms. The molecule has 0 spiro atoms. The maximum absolute atomic E-state index is 13.8. The van der Waals surface area contributed by atoms with Crippen LogP contribution >= 0.6 is 0 Å². The number of carbonyl (C=O) groups is 2. The Kier molecular flexibility index (Phi) is 11.0. The lowest BCUT2D eigenvalue weighted by Gasteiger charge is -2.38. The predicted molar refractivity (Wildman–Crippen MR) is 190 cm³/mol. The van der Waals surface area contributed by atoms with Gasteiger partial charge in [0.2, 0.25) is 0 Å². The number of ether oxygens (including phenoxy) is 2. The SMILES string of the molecule is CN1CCC(N(C(=O)OC(C)(C)C)c2cccc3c2cc(C#CCN(C(=O)OC(C)(C)C)c2ccc(C(C)(C)C#N)nc2)n3CC#N)CC1. The highest BCUT2D eigenvalue weighted by atomic mass is 16.6. The largest absolute Gasteiger partial charge is 0.443 e. The first-order valence-electron chi connectivity index (χ1n) is 16.5. The second kappa shape index (κ2) is 14.6. The van der Waals surface area contributed by atoms with Crippen LogP contribution in [0.5, 0.6) is 0 Å². The van der Waals surface area contributed by atoms with Crippen LogP contribution < -0.4 is 9.80 Å². The zero-order valence-corrected chi connectivity index (χ0v) is 30.1. The monoisotopic (exact) mass is 665 g/mol. The first-order chi connectivity index (χ1) is 22.9. The standard InChI is InChI=1S/C38H47N7O4/c1-36(2,3)48-34(46)44(29-15-16-33(41-25-29)38(7,8)26-40)20-11-12-28-24-30-31(43(28)23-19-39)13-10-14-32(30)45(35(47)49-37(4,5)6)27-17-21-42(9)22-18-27/h10,13-16,24-25,27H,17-18,20-23H2,1-9H3. The Labute approximate surface area is 290 Å². The van der Waals surface area contributed by atoms with Crippen molar-refractivity contribution in [1.82, 2.24) is 14.5 Å². The first-order valence-corrected chi connectivity index (χ1v) is 16.5. The molecule has 0 unspecified atom stereocenters. The van der Waals surface area contributed by atoms with Gasteiger partial charge in [-0.05, 0) is 125 Å². The molecule has 0 atom stereocenters. The van der Waals surface area contributed by atoms with Crippen molar-refractivity contribution in [1.29, 1.82) is 10.5 Å². The fraction of sp³-hybridized carbons (Fsp3) is 0.500. The molecule has 1 aromatic carbocycles. The third kappa shape index (κ3) is 9.10. The molecule has 0 radical (unpaired) electrons. The van der Waals surface area contributed by atoms with Gasteiger partial charge in [0.15, 0.2) is 0 Å². The number of amides is 2. The Morgan fingerprint density at radius 1 is 0.959 bits per heavy atom. The van der Waals surface area contributed by atoms with Crippen molar-refractivity contribution >= 4 is 34.5 Å². The number of piperidine rings is 1. The lowest BCUT2D eigenvalue weighted by atomic mass is 9.91. The fourth-order valence-electron chi connectivity index (χ4n) is 5.59. The maximum Gasteiger partial charge on any atom is 0.415 e. The average molecular weight is 666 g/mol. The van der Waals surface area contributed by atoms with E-state index in [0.29, 0.717) is 22.8 Å². The van der Waals surface area contributed by atoms with Gasteiger partial charge in [0, 0.05) is 11.4 Å². The number of anilines is 2. The van der Waals surface area contributed by atoms with Crippen LogP contribution in [-0.4, -0.2) is 70.6 Å². The summed E-state index contributed by atoms with van der Waals surface area (Å²) < 4.78 is 13.4. The lowest BCUT2D eigenvalue weighted by molar-refractivity contribution is 0.0548. The summed E-state index contributed by atoms with van der Waals surface area (Å²) in [4.78, 5) is 37.0. The Bertz CT molecular complexity index is 1810. The van der Waals surface area contributed by atoms with Gasteiger partial charge in [-0.15, -0.1) is 0 Å². The summed E-state index contributed by atoms with van der Waals surface area (Å²) in [5.74, 6) is 6.28. The molecule has 0 N–H and O–H groups in total. The average Bonchev–Trinajstić information content (AvgIpc) is 3.36. The van der Waals surface area contributed by atoms with E-state index < -0.39 is 28.8 Å². The summed E-state index contributed by atoms with van der Waals surface area (Å²) in [6, 6.07) is 15.4. The van der Waals surface area contributed by atoms with E-state index in [-0.39, 0.29) is 19.1 Å². The van der Waals surface area contributed by atoms with Gasteiger partial charge in [0.1, 0.15) is 17.7 Å². The summed E-state index contributed by atoms with van der Waals surface area (Å²) in [6.07, 6.45) is 2.11. The Balaban J connectivity index is 1.76. The zero-order chi connectivity index (χ0) is 36.1. The molecule has 258 valence electrons. The van der Waals surface area contributed by atoms with Crippen LogP contribution in [0, 0.1) is 34.5 Å². The van der Waals surface area contributed by atoms with Gasteiger partial charge in [-0.1, -0.05) is 12.0 Å². The van der Waals surface area contributed by atoms with E-state index in [1.807, 2.05) is 49.6 Å². The maximum atomic E-state index is 13.8. The molecule has 4 rings (SSSR count). The molecule has 3 aromatic rings. The predicted octanol–water partition coefficient (Wildman–Crippen LogP) is 6.99. The zero-order valence-electron chi connectivity index (χ0n) is 30.1. The van der Waals surface area contributed by atoms with Crippen LogP contribution in [0.25, 0.3) is 10.9 Å². The third-order valence-electron chi connectivity index (χ3n) is 8.10. The van der Waals surface area contributed by atoms with E-state index in [1.54, 1.807) is 51.7 Å². The Morgan fingerprint density at radius 3 is 2.18 bits per heavy atom. The number of likely N-dealkylation sites (tertiary alicyclic amines) is 1. The summed E-state index contributed by atoms with van der Waals surface area (Å²) >= 11 is 0. The van der Waals surface area contributed by atoms with E-state index in [1.165, 1.54) is 11.1 Å². The van der Waals surface area contributed by atoms with Gasteiger partial charge in [-0.3, -0.25) is 14.8 Å². The molecule has 0 aliphatic carbocycles. The van der Waals surface area contributed by atoms with Crippen molar-refractivity contribution in [2.45, 2.75) is 97.4 Å². The van der Waals surface area contributed by atoms with E-state index in [4.69, 9.17) is 9.47 Å². The van der Waals surface area contributed by atoms with Crippen LogP contribution in [-0.2, 0) is 21.4 Å². The number of carbonyl (C=O) groups excluding carboxylic acids is 2. The molecule has 11 nitrogen and oxygen atoms in total. The number of hydrogen-bond donors (Lipinski definition) is 0. The number of nitriles is 2. The summed E-state index contributed by atoms with van der Waals surface area (Å²) in [7, 11) is 2.08. The number of benzene rings is 1. The van der Waals surface area contributed by atoms with Gasteiger partial charge < -0.3 is 18.9 Å². The molecule has 2 amide bonds. The summed E-state index contributed by atoms with van der Waals surface area (Å²) in [5.41, 5.74) is 0.830. The van der Waals surface area contributed by atoms with E-state index in [2.05, 4.69) is 40.9 Å². The third-order valence-corrected chi connectivity index (χ3v) is 8.10. The highest BCUT2D eigenvalue weighted by molar-refractivity contribution is 6.02. The van der Waals surface area contributed by atoms with Gasteiger partial charge in [-0.2, -0.15) is 10.5 Å². The minimum atomic E-state index is -0.797. The summed E-state index contributed by atoms with van der Waals surface area (Å²) in [5, 5.41) is 20.1. The minimum absolute atomic E-state index is 0.0296. The van der Waals surface area contributed by atoms with Gasteiger partial charge in [0.25, 0.3) is 0 Å². The first kappa shape index (κ1) is 36.8. The van der Waals surface area contributed by atoms with Crippen molar-refractivity contribution in [3.05, 3.63) is 54.0 Å². The number of pyridine rings is 1. The van der Waals surface area contributed by atoms with Crippen LogP contribution in [0.2, 0.25) is 0 Å². The highest BCUT2D eigenvalue weighted by Crippen LogP contribution is 2.34. The molecular weight excluding hydrogens is 618 g/mol. The number of hydrogen-bond acceptors (Lipinski definition) is 8. The van der Waals surface area contributed by atoms with Gasteiger partial charge in [0.05, 0.1) is 58.6 Å². The highest BCUT2D eigenvalue weighted by Gasteiger charge is 2.33. The van der Waals surface area contributed by atoms with Gasteiger partial charge >= 0.3 is 12.2 Å². The summed E-state index contributed by atoms with van der Waals surface area (Å²) in [6.45, 7) is 16.2. The topological polar surface area (TPSA) is 128 Å². The smallest absolute Gasteiger partial charge is 0.415 e. The van der Waals surface area contributed by atoms with Gasteiger partial charge in [-0.25, -0.2) is 9.59 Å². The molecule has 49 heavy (non-hydrogen) atoms. The number of aromatic nitrogens is 2. The number of rotatable bonds is 6. The Morgan fingerprint density at radius 2 is 1.61 bits per heavy atom. The van der Waals surface area contributed by atoms with E-state index in [0.717, 1.165) is 36.8 Å². The molecule has 2 aromatic heterocycles. The number of nitrogens with zero attached hydrogens (tertiary/aromatic N) is 7. The van der Waals surface area contributed by atoms with Crippen molar-refractivity contribution in [3.8, 4) is 24.0 Å². The molecular formula is C38H47N7O4. The van der Waals surface area contributed by atoms with Crippen LogP contribution in [0.3, 0.4) is 0 Å². The second-order valence-electron chi connectivity index (χ2n) is 14.9. The molecule has 3 heterocycles. The van der Waals surface area contributed by atoms with E-state index in [9.17, 15) is 20.1 Å². The van der Waals surface area contributed by atoms with Crippen LogP contribution in [0.4, 0.5) is 21.0 Å². The van der Waals surface area contributed by atoms with E-state index >= 15 is 0 Å².